The lowest BCUT2D eigenvalue weighted by molar-refractivity contribution is 0.0692. The van der Waals surface area contributed by atoms with Gasteiger partial charge in [-0.3, -0.25) is 0 Å². The first-order valence-corrected chi connectivity index (χ1v) is 7.04. The lowest BCUT2D eigenvalue weighted by Crippen LogP contribution is -2.01. The van der Waals surface area contributed by atoms with Gasteiger partial charge in [-0.15, -0.1) is 11.8 Å². The zero-order chi connectivity index (χ0) is 14.7. The van der Waals surface area contributed by atoms with E-state index in [9.17, 15) is 9.18 Å². The van der Waals surface area contributed by atoms with Crippen molar-refractivity contribution in [1.29, 1.82) is 0 Å². The van der Waals surface area contributed by atoms with Crippen molar-refractivity contribution in [2.45, 2.75) is 24.6 Å². The molecule has 0 aliphatic carbocycles. The summed E-state index contributed by atoms with van der Waals surface area (Å²) < 4.78 is 13.3. The Kier molecular flexibility index (Phi) is 4.39. The summed E-state index contributed by atoms with van der Waals surface area (Å²) >= 11 is 1.50. The van der Waals surface area contributed by atoms with E-state index >= 15 is 0 Å². The van der Waals surface area contributed by atoms with Gasteiger partial charge in [-0.25, -0.2) is 14.2 Å². The molecule has 1 N–H and O–H groups in total. The molecular weight excluding hydrogens is 277 g/mol. The zero-order valence-electron chi connectivity index (χ0n) is 11.2. The number of nitrogens with zero attached hydrogens (tertiary/aromatic N) is 1. The summed E-state index contributed by atoms with van der Waals surface area (Å²) in [6.07, 6.45) is 0. The molecule has 1 aromatic heterocycles. The number of aromatic carboxylic acids is 1. The van der Waals surface area contributed by atoms with Gasteiger partial charge in [0.15, 0.2) is 0 Å². The molecule has 0 unspecified atom stereocenters. The van der Waals surface area contributed by atoms with Crippen molar-refractivity contribution in [3.05, 3.63) is 58.5 Å². The average molecular weight is 291 g/mol. The summed E-state index contributed by atoms with van der Waals surface area (Å²) in [5.74, 6) is -1.41. The van der Waals surface area contributed by atoms with Gasteiger partial charge in [0, 0.05) is 11.4 Å². The highest BCUT2D eigenvalue weighted by molar-refractivity contribution is 7.98. The van der Waals surface area contributed by atoms with E-state index < -0.39 is 11.8 Å². The first kappa shape index (κ1) is 14.5. The number of rotatable bonds is 4. The third-order valence-corrected chi connectivity index (χ3v) is 3.70. The number of benzene rings is 1. The average Bonchev–Trinajstić information content (AvgIpc) is 2.36. The maximum Gasteiger partial charge on any atom is 0.338 e. The van der Waals surface area contributed by atoms with Gasteiger partial charge >= 0.3 is 5.97 Å². The van der Waals surface area contributed by atoms with E-state index in [1.165, 1.54) is 23.9 Å². The fourth-order valence-corrected chi connectivity index (χ4v) is 2.83. The van der Waals surface area contributed by atoms with E-state index in [1.807, 2.05) is 26.0 Å². The van der Waals surface area contributed by atoms with E-state index in [-0.39, 0.29) is 5.56 Å². The first-order chi connectivity index (χ1) is 9.45. The zero-order valence-corrected chi connectivity index (χ0v) is 12.0. The molecule has 2 aromatic rings. The van der Waals surface area contributed by atoms with E-state index in [2.05, 4.69) is 4.98 Å². The second-order valence-corrected chi connectivity index (χ2v) is 5.53. The Bertz CT molecular complexity index is 638. The molecule has 0 amide bonds. The summed E-state index contributed by atoms with van der Waals surface area (Å²) in [5, 5.41) is 9.77. The van der Waals surface area contributed by atoms with E-state index in [0.717, 1.165) is 21.8 Å². The van der Waals surface area contributed by atoms with Crippen LogP contribution >= 0.6 is 11.8 Å². The Hall–Kier alpha value is -1.88. The molecule has 104 valence electrons. The van der Waals surface area contributed by atoms with Gasteiger partial charge in [0.2, 0.25) is 0 Å². The Morgan fingerprint density at radius 3 is 2.70 bits per heavy atom. The molecule has 0 spiro atoms. The molecule has 20 heavy (non-hydrogen) atoms. The molecule has 0 bridgehead atoms. The van der Waals surface area contributed by atoms with Crippen LogP contribution in [0.2, 0.25) is 0 Å². The summed E-state index contributed by atoms with van der Waals surface area (Å²) in [5.41, 5.74) is 2.54. The second-order valence-electron chi connectivity index (χ2n) is 4.53. The van der Waals surface area contributed by atoms with Gasteiger partial charge in [0.05, 0.1) is 10.6 Å². The summed E-state index contributed by atoms with van der Waals surface area (Å²) in [4.78, 5) is 15.3. The van der Waals surface area contributed by atoms with Gasteiger partial charge in [-0.2, -0.15) is 0 Å². The van der Waals surface area contributed by atoms with Crippen LogP contribution in [0.5, 0.6) is 0 Å². The number of carboxylic acids is 1. The number of halogens is 1. The van der Waals surface area contributed by atoms with Crippen LogP contribution in [-0.4, -0.2) is 16.1 Å². The normalized spacial score (nSPS) is 10.6. The third kappa shape index (κ3) is 3.57. The fourth-order valence-electron chi connectivity index (χ4n) is 1.86. The second kappa shape index (κ2) is 6.05. The first-order valence-electron chi connectivity index (χ1n) is 6.05. The lowest BCUT2D eigenvalue weighted by atomic mass is 10.1. The SMILES string of the molecule is Cc1cc(C)nc(SCc2ccc(F)c(C(=O)O)c2)c1. The number of carboxylic acid groups (broad SMARTS) is 1. The maximum atomic E-state index is 13.3. The van der Waals surface area contributed by atoms with Crippen LogP contribution in [0.1, 0.15) is 27.2 Å². The van der Waals surface area contributed by atoms with Crippen molar-refractivity contribution < 1.29 is 14.3 Å². The van der Waals surface area contributed by atoms with E-state index in [1.54, 1.807) is 6.07 Å². The van der Waals surface area contributed by atoms with Crippen molar-refractivity contribution in [1.82, 2.24) is 4.98 Å². The molecule has 0 fully saturated rings. The Labute approximate surface area is 120 Å². The Morgan fingerprint density at radius 1 is 1.30 bits per heavy atom. The van der Waals surface area contributed by atoms with Crippen LogP contribution in [0, 0.1) is 19.7 Å². The van der Waals surface area contributed by atoms with Crippen LogP contribution in [-0.2, 0) is 5.75 Å². The van der Waals surface area contributed by atoms with Crippen LogP contribution in [0.3, 0.4) is 0 Å². The number of hydrogen-bond acceptors (Lipinski definition) is 3. The lowest BCUT2D eigenvalue weighted by Gasteiger charge is -2.05. The fraction of sp³-hybridized carbons (Fsp3) is 0.200. The highest BCUT2D eigenvalue weighted by atomic mass is 32.2. The van der Waals surface area contributed by atoms with Gasteiger partial charge in [-0.05, 0) is 49.2 Å². The molecule has 0 saturated heterocycles. The Balaban J connectivity index is 2.14. The third-order valence-electron chi connectivity index (χ3n) is 2.72. The monoisotopic (exact) mass is 291 g/mol. The van der Waals surface area contributed by atoms with Crippen molar-refractivity contribution in [2.24, 2.45) is 0 Å². The number of thioether (sulfide) groups is 1. The Morgan fingerprint density at radius 2 is 2.05 bits per heavy atom. The quantitative estimate of drug-likeness (QED) is 0.870. The maximum absolute atomic E-state index is 13.3. The number of carbonyl (C=O) groups is 1. The molecule has 1 heterocycles. The summed E-state index contributed by atoms with van der Waals surface area (Å²) in [7, 11) is 0. The van der Waals surface area contributed by atoms with Crippen LogP contribution in [0.15, 0.2) is 35.4 Å². The summed E-state index contributed by atoms with van der Waals surface area (Å²) in [6.45, 7) is 3.93. The highest BCUT2D eigenvalue weighted by Crippen LogP contribution is 2.23. The van der Waals surface area contributed by atoms with Gasteiger partial charge in [0.25, 0.3) is 0 Å². The molecule has 0 radical (unpaired) electrons. The molecule has 0 saturated carbocycles. The minimum atomic E-state index is -1.25. The molecule has 5 heteroatoms. The smallest absolute Gasteiger partial charge is 0.338 e. The van der Waals surface area contributed by atoms with Crippen molar-refractivity contribution >= 4 is 17.7 Å². The van der Waals surface area contributed by atoms with E-state index in [4.69, 9.17) is 5.11 Å². The number of pyridine rings is 1. The number of aryl methyl sites for hydroxylation is 2. The molecule has 0 atom stereocenters. The van der Waals surface area contributed by atoms with E-state index in [0.29, 0.717) is 5.75 Å². The molecule has 0 aliphatic rings. The predicted octanol–water partition coefficient (Wildman–Crippen LogP) is 3.83. The van der Waals surface area contributed by atoms with Crippen LogP contribution in [0.25, 0.3) is 0 Å². The minimum Gasteiger partial charge on any atom is -0.478 e. The van der Waals surface area contributed by atoms with Gasteiger partial charge in [-0.1, -0.05) is 6.07 Å². The molecule has 1 aromatic carbocycles. The van der Waals surface area contributed by atoms with Crippen molar-refractivity contribution in [3.63, 3.8) is 0 Å². The standard InChI is InChI=1S/C15H14FNO2S/c1-9-5-10(2)17-14(6-9)20-8-11-3-4-13(16)12(7-11)15(18)19/h3-7H,8H2,1-2H3,(H,18,19). The molecular formula is C15H14FNO2S. The van der Waals surface area contributed by atoms with Crippen LogP contribution < -0.4 is 0 Å². The predicted molar refractivity (Wildman–Crippen MR) is 76.6 cm³/mol. The molecule has 3 nitrogen and oxygen atoms in total. The largest absolute Gasteiger partial charge is 0.478 e. The topological polar surface area (TPSA) is 50.2 Å². The minimum absolute atomic E-state index is 0.295. The van der Waals surface area contributed by atoms with Crippen molar-refractivity contribution in [3.8, 4) is 0 Å². The molecule has 2 rings (SSSR count). The number of hydrogen-bond donors (Lipinski definition) is 1. The summed E-state index contributed by atoms with van der Waals surface area (Å²) in [6, 6.07) is 8.11. The van der Waals surface area contributed by atoms with Crippen LogP contribution in [0.4, 0.5) is 4.39 Å². The number of aromatic nitrogens is 1. The van der Waals surface area contributed by atoms with Gasteiger partial charge in [0.1, 0.15) is 5.82 Å². The highest BCUT2D eigenvalue weighted by Gasteiger charge is 2.11. The van der Waals surface area contributed by atoms with Gasteiger partial charge < -0.3 is 5.11 Å². The molecule has 0 aliphatic heterocycles. The van der Waals surface area contributed by atoms with Crippen molar-refractivity contribution in [2.75, 3.05) is 0 Å².